The van der Waals surface area contributed by atoms with Crippen LogP contribution in [0.15, 0.2) is 54.6 Å². The summed E-state index contributed by atoms with van der Waals surface area (Å²) in [4.78, 5) is 15.1. The van der Waals surface area contributed by atoms with Gasteiger partial charge in [0.2, 0.25) is 5.91 Å². The van der Waals surface area contributed by atoms with Crippen LogP contribution in [-0.2, 0) is 24.8 Å². The molecule has 2 aromatic carbocycles. The molecule has 134 valence electrons. The number of hydrogen-bond acceptors (Lipinski definition) is 2. The number of aryl methyl sites for hydroxylation is 3. The molecule has 0 saturated carbocycles. The van der Waals surface area contributed by atoms with Gasteiger partial charge in [-0.05, 0) is 38.5 Å². The Bertz CT molecular complexity index is 895. The van der Waals surface area contributed by atoms with Gasteiger partial charge in [-0.2, -0.15) is 5.10 Å². The van der Waals surface area contributed by atoms with E-state index in [1.807, 2.05) is 72.9 Å². The number of anilines is 1. The molecule has 1 aromatic heterocycles. The second-order valence-electron chi connectivity index (χ2n) is 6.75. The molecule has 0 N–H and O–H groups in total. The maximum atomic E-state index is 13.2. The molecule has 0 unspecified atom stereocenters. The van der Waals surface area contributed by atoms with Crippen molar-refractivity contribution >= 4 is 11.6 Å². The van der Waals surface area contributed by atoms with E-state index in [1.165, 1.54) is 5.56 Å². The van der Waals surface area contributed by atoms with Gasteiger partial charge in [-0.3, -0.25) is 9.48 Å². The van der Waals surface area contributed by atoms with Gasteiger partial charge in [-0.1, -0.05) is 48.0 Å². The van der Waals surface area contributed by atoms with E-state index in [9.17, 15) is 4.79 Å². The maximum absolute atomic E-state index is 13.2. The first-order chi connectivity index (χ1) is 12.5. The number of benzene rings is 2. The second-order valence-corrected chi connectivity index (χ2v) is 6.75. The van der Waals surface area contributed by atoms with Crippen molar-refractivity contribution in [1.29, 1.82) is 0 Å². The van der Waals surface area contributed by atoms with Crippen LogP contribution in [0.1, 0.15) is 28.1 Å². The number of carbonyl (C=O) groups is 1. The van der Waals surface area contributed by atoms with Crippen LogP contribution in [-0.4, -0.2) is 15.7 Å². The third-order valence-electron chi connectivity index (χ3n) is 4.82. The Hall–Kier alpha value is -2.88. The van der Waals surface area contributed by atoms with Gasteiger partial charge >= 0.3 is 0 Å². The molecule has 1 amide bonds. The van der Waals surface area contributed by atoms with Gasteiger partial charge in [0, 0.05) is 24.0 Å². The molecule has 3 aromatic rings. The Morgan fingerprint density at radius 3 is 2.23 bits per heavy atom. The third kappa shape index (κ3) is 3.85. The molecule has 0 aliphatic rings. The minimum absolute atomic E-state index is 0.0805. The van der Waals surface area contributed by atoms with E-state index < -0.39 is 0 Å². The summed E-state index contributed by atoms with van der Waals surface area (Å²) in [5, 5.41) is 4.44. The number of nitrogens with zero attached hydrogens (tertiary/aromatic N) is 3. The molecule has 0 saturated heterocycles. The number of amides is 1. The van der Waals surface area contributed by atoms with Gasteiger partial charge < -0.3 is 4.90 Å². The summed E-state index contributed by atoms with van der Waals surface area (Å²) in [5.41, 5.74) is 6.19. The lowest BCUT2D eigenvalue weighted by molar-refractivity contribution is -0.118. The van der Waals surface area contributed by atoms with Crippen LogP contribution >= 0.6 is 0 Å². The van der Waals surface area contributed by atoms with E-state index in [2.05, 4.69) is 24.2 Å². The molecule has 26 heavy (non-hydrogen) atoms. The van der Waals surface area contributed by atoms with E-state index in [0.717, 1.165) is 28.2 Å². The molecule has 0 atom stereocenters. The number of aromatic nitrogens is 2. The number of hydrogen-bond donors (Lipinski definition) is 0. The lowest BCUT2D eigenvalue weighted by Gasteiger charge is -2.23. The van der Waals surface area contributed by atoms with Crippen LogP contribution in [0, 0.1) is 20.8 Å². The molecule has 0 radical (unpaired) electrons. The van der Waals surface area contributed by atoms with Gasteiger partial charge in [0.15, 0.2) is 0 Å². The van der Waals surface area contributed by atoms with Crippen molar-refractivity contribution in [2.75, 3.05) is 4.90 Å². The summed E-state index contributed by atoms with van der Waals surface area (Å²) in [7, 11) is 1.91. The van der Waals surface area contributed by atoms with Crippen molar-refractivity contribution in [2.45, 2.75) is 33.7 Å². The summed E-state index contributed by atoms with van der Waals surface area (Å²) in [5.74, 6) is 0.0805. The van der Waals surface area contributed by atoms with Crippen LogP contribution in [0.2, 0.25) is 0 Å². The first kappa shape index (κ1) is 17.9. The topological polar surface area (TPSA) is 38.1 Å². The Morgan fingerprint density at radius 2 is 1.65 bits per heavy atom. The largest absolute Gasteiger partial charge is 0.308 e. The van der Waals surface area contributed by atoms with Crippen LogP contribution in [0.3, 0.4) is 0 Å². The molecule has 0 aliphatic heterocycles. The van der Waals surface area contributed by atoms with Crippen molar-refractivity contribution in [3.63, 3.8) is 0 Å². The summed E-state index contributed by atoms with van der Waals surface area (Å²) in [6.45, 7) is 6.58. The van der Waals surface area contributed by atoms with Crippen LogP contribution in [0.4, 0.5) is 5.69 Å². The first-order valence-corrected chi connectivity index (χ1v) is 8.85. The minimum atomic E-state index is 0.0805. The molecule has 0 aliphatic carbocycles. The predicted molar refractivity (Wildman–Crippen MR) is 105 cm³/mol. The minimum Gasteiger partial charge on any atom is -0.308 e. The zero-order valence-corrected chi connectivity index (χ0v) is 15.9. The van der Waals surface area contributed by atoms with Gasteiger partial charge in [-0.15, -0.1) is 0 Å². The Morgan fingerprint density at radius 1 is 1.00 bits per heavy atom. The standard InChI is InChI=1S/C22H25N3O/c1-16-10-12-20(13-11-16)25(15-19-8-6-5-7-9-19)22(26)14-21-17(2)23-24(4)18(21)3/h5-13H,14-15H2,1-4H3. The highest BCUT2D eigenvalue weighted by Crippen LogP contribution is 2.21. The van der Waals surface area contributed by atoms with Crippen molar-refractivity contribution in [3.8, 4) is 0 Å². The fourth-order valence-electron chi connectivity index (χ4n) is 3.13. The van der Waals surface area contributed by atoms with E-state index in [-0.39, 0.29) is 5.91 Å². The molecule has 0 spiro atoms. The van der Waals surface area contributed by atoms with Crippen LogP contribution in [0.25, 0.3) is 0 Å². The molecule has 4 nitrogen and oxygen atoms in total. The third-order valence-corrected chi connectivity index (χ3v) is 4.82. The molecule has 3 rings (SSSR count). The highest BCUT2D eigenvalue weighted by molar-refractivity contribution is 5.95. The van der Waals surface area contributed by atoms with E-state index in [1.54, 1.807) is 0 Å². The molecule has 4 heteroatoms. The number of carbonyl (C=O) groups excluding carboxylic acids is 1. The van der Waals surface area contributed by atoms with Gasteiger partial charge in [0.05, 0.1) is 18.7 Å². The monoisotopic (exact) mass is 347 g/mol. The summed E-state index contributed by atoms with van der Waals surface area (Å²) in [6.07, 6.45) is 0.353. The van der Waals surface area contributed by atoms with E-state index in [0.29, 0.717) is 13.0 Å². The summed E-state index contributed by atoms with van der Waals surface area (Å²) >= 11 is 0. The predicted octanol–water partition coefficient (Wildman–Crippen LogP) is 4.12. The first-order valence-electron chi connectivity index (χ1n) is 8.85. The zero-order chi connectivity index (χ0) is 18.7. The lowest BCUT2D eigenvalue weighted by atomic mass is 10.1. The van der Waals surface area contributed by atoms with E-state index in [4.69, 9.17) is 0 Å². The van der Waals surface area contributed by atoms with Crippen molar-refractivity contribution < 1.29 is 4.79 Å². The van der Waals surface area contributed by atoms with E-state index >= 15 is 0 Å². The Kier molecular flexibility index (Phi) is 5.21. The van der Waals surface area contributed by atoms with Crippen molar-refractivity contribution in [2.24, 2.45) is 7.05 Å². The maximum Gasteiger partial charge on any atom is 0.231 e. The average Bonchev–Trinajstić information content (AvgIpc) is 2.87. The summed E-state index contributed by atoms with van der Waals surface area (Å²) in [6, 6.07) is 18.2. The molecular formula is C22H25N3O. The Balaban J connectivity index is 1.91. The lowest BCUT2D eigenvalue weighted by Crippen LogP contribution is -2.32. The molecule has 1 heterocycles. The molecule has 0 fully saturated rings. The summed E-state index contributed by atoms with van der Waals surface area (Å²) < 4.78 is 1.84. The smallest absolute Gasteiger partial charge is 0.231 e. The quantitative estimate of drug-likeness (QED) is 0.696. The fraction of sp³-hybridized carbons (Fsp3) is 0.273. The van der Waals surface area contributed by atoms with Gasteiger partial charge in [0.1, 0.15) is 0 Å². The van der Waals surface area contributed by atoms with Crippen LogP contribution in [0.5, 0.6) is 0 Å². The SMILES string of the molecule is Cc1ccc(N(Cc2ccccc2)C(=O)Cc2c(C)nn(C)c2C)cc1. The normalized spacial score (nSPS) is 10.8. The van der Waals surface area contributed by atoms with Crippen molar-refractivity contribution in [3.05, 3.63) is 82.7 Å². The highest BCUT2D eigenvalue weighted by atomic mass is 16.2. The molecule has 0 bridgehead atoms. The highest BCUT2D eigenvalue weighted by Gasteiger charge is 2.20. The zero-order valence-electron chi connectivity index (χ0n) is 15.9. The van der Waals surface area contributed by atoms with Crippen molar-refractivity contribution in [1.82, 2.24) is 9.78 Å². The van der Waals surface area contributed by atoms with Gasteiger partial charge in [-0.25, -0.2) is 0 Å². The Labute approximate surface area is 155 Å². The number of rotatable bonds is 5. The average molecular weight is 347 g/mol. The van der Waals surface area contributed by atoms with Crippen LogP contribution < -0.4 is 4.90 Å². The molecular weight excluding hydrogens is 322 g/mol. The van der Waals surface area contributed by atoms with Gasteiger partial charge in [0.25, 0.3) is 0 Å². The fourth-order valence-corrected chi connectivity index (χ4v) is 3.13. The second kappa shape index (κ2) is 7.56.